The predicted molar refractivity (Wildman–Crippen MR) is 118 cm³/mol. The average Bonchev–Trinajstić information content (AvgIpc) is 2.80. The molecule has 7 nitrogen and oxygen atoms in total. The van der Waals surface area contributed by atoms with E-state index in [0.717, 1.165) is 42.5 Å². The van der Waals surface area contributed by atoms with Crippen LogP contribution in [-0.2, 0) is 19.6 Å². The minimum Gasteiger partial charge on any atom is -0.495 e. The summed E-state index contributed by atoms with van der Waals surface area (Å²) in [5, 5.41) is 3.51. The Labute approximate surface area is 180 Å². The van der Waals surface area contributed by atoms with Crippen LogP contribution in [0.4, 0.5) is 4.39 Å². The number of nitrogens with one attached hydrogen (secondary N) is 1. The van der Waals surface area contributed by atoms with Gasteiger partial charge in [0.05, 0.1) is 36.7 Å². The first-order valence-electron chi connectivity index (χ1n) is 10.7. The highest BCUT2D eigenvalue weighted by atomic mass is 19.1. The Hall–Kier alpha value is -2.84. The number of nitrogens with zero attached hydrogens (tertiary/aromatic N) is 4. The molecule has 0 atom stereocenters. The van der Waals surface area contributed by atoms with Crippen molar-refractivity contribution < 1.29 is 9.13 Å². The van der Waals surface area contributed by atoms with E-state index in [4.69, 9.17) is 4.74 Å². The molecule has 4 heterocycles. The van der Waals surface area contributed by atoms with Crippen LogP contribution in [0.1, 0.15) is 31.0 Å². The lowest BCUT2D eigenvalue weighted by molar-refractivity contribution is 0.159. The quantitative estimate of drug-likeness (QED) is 0.628. The Morgan fingerprint density at radius 1 is 1.19 bits per heavy atom. The van der Waals surface area contributed by atoms with Gasteiger partial charge in [-0.25, -0.2) is 4.39 Å². The first-order chi connectivity index (χ1) is 15.1. The van der Waals surface area contributed by atoms with Gasteiger partial charge in [-0.2, -0.15) is 0 Å². The summed E-state index contributed by atoms with van der Waals surface area (Å²) in [5.74, 6) is 0.399. The van der Waals surface area contributed by atoms with Crippen LogP contribution in [0.25, 0.3) is 11.0 Å². The van der Waals surface area contributed by atoms with E-state index in [2.05, 4.69) is 20.2 Å². The molecule has 0 bridgehead atoms. The van der Waals surface area contributed by atoms with Crippen molar-refractivity contribution in [3.8, 4) is 5.75 Å². The van der Waals surface area contributed by atoms with Gasteiger partial charge in [0.2, 0.25) is 0 Å². The van der Waals surface area contributed by atoms with Gasteiger partial charge in [-0.15, -0.1) is 0 Å². The summed E-state index contributed by atoms with van der Waals surface area (Å²) in [6.45, 7) is 4.77. The van der Waals surface area contributed by atoms with Gasteiger partial charge in [-0.05, 0) is 37.0 Å². The number of pyridine rings is 3. The number of methoxy groups -OCH3 is 1. The maximum absolute atomic E-state index is 13.9. The van der Waals surface area contributed by atoms with E-state index in [1.54, 1.807) is 42.3 Å². The van der Waals surface area contributed by atoms with Crippen LogP contribution in [-0.4, -0.2) is 45.7 Å². The Kier molecular flexibility index (Phi) is 6.58. The number of ether oxygens (including phenoxy) is 1. The van der Waals surface area contributed by atoms with Crippen LogP contribution in [0.2, 0.25) is 0 Å². The highest BCUT2D eigenvalue weighted by Crippen LogP contribution is 2.18. The second-order valence-corrected chi connectivity index (χ2v) is 7.92. The molecule has 0 aliphatic carbocycles. The van der Waals surface area contributed by atoms with Gasteiger partial charge in [0.1, 0.15) is 11.6 Å². The first-order valence-corrected chi connectivity index (χ1v) is 10.7. The van der Waals surface area contributed by atoms with Crippen molar-refractivity contribution in [1.29, 1.82) is 0 Å². The summed E-state index contributed by atoms with van der Waals surface area (Å²) in [5.41, 5.74) is 2.87. The fourth-order valence-electron chi connectivity index (χ4n) is 4.01. The van der Waals surface area contributed by atoms with Gasteiger partial charge in [-0.1, -0.05) is 6.92 Å². The summed E-state index contributed by atoms with van der Waals surface area (Å²) < 4.78 is 21.0. The second-order valence-electron chi connectivity index (χ2n) is 7.92. The van der Waals surface area contributed by atoms with Gasteiger partial charge < -0.3 is 10.1 Å². The number of aryl methyl sites for hydroxylation is 1. The molecule has 3 aromatic rings. The molecule has 1 saturated heterocycles. The molecule has 1 aliphatic heterocycles. The number of likely N-dealkylation sites (tertiary alicyclic amines) is 1. The standard InChI is InChI=1S/C23H28FN5O2/c1-3-20-19(24)10-16(13-26-20)12-25-17-6-8-28(9-7-17)15-29-22-11-18(31-2)14-27-21(22)4-5-23(29)30/h4-5,10-11,13-14,17,25H,3,6-9,12,15H2,1-2H3. The molecule has 0 saturated carbocycles. The zero-order valence-corrected chi connectivity index (χ0v) is 18.0. The van der Waals surface area contributed by atoms with Gasteiger partial charge >= 0.3 is 0 Å². The molecule has 1 fully saturated rings. The van der Waals surface area contributed by atoms with Crippen LogP contribution in [0.15, 0.2) is 41.5 Å². The van der Waals surface area contributed by atoms with Gasteiger partial charge in [0.15, 0.2) is 0 Å². The van der Waals surface area contributed by atoms with Crippen molar-refractivity contribution in [3.05, 3.63) is 64.1 Å². The summed E-state index contributed by atoms with van der Waals surface area (Å²) in [4.78, 5) is 23.4. The molecule has 8 heteroatoms. The minimum atomic E-state index is -0.233. The maximum Gasteiger partial charge on any atom is 0.252 e. The van der Waals surface area contributed by atoms with Crippen molar-refractivity contribution in [2.24, 2.45) is 0 Å². The molecule has 3 aromatic heterocycles. The van der Waals surface area contributed by atoms with Crippen molar-refractivity contribution >= 4 is 11.0 Å². The lowest BCUT2D eigenvalue weighted by atomic mass is 10.0. The Balaban J connectivity index is 1.36. The third-order valence-corrected chi connectivity index (χ3v) is 5.88. The van der Waals surface area contributed by atoms with E-state index in [-0.39, 0.29) is 11.4 Å². The Morgan fingerprint density at radius 2 is 2.00 bits per heavy atom. The highest BCUT2D eigenvalue weighted by Gasteiger charge is 2.20. The fraction of sp³-hybridized carbons (Fsp3) is 0.435. The van der Waals surface area contributed by atoms with Crippen molar-refractivity contribution in [2.75, 3.05) is 20.2 Å². The first kappa shape index (κ1) is 21.4. The number of aromatic nitrogens is 3. The molecule has 0 radical (unpaired) electrons. The third kappa shape index (κ3) is 4.91. The zero-order chi connectivity index (χ0) is 21.8. The SMILES string of the molecule is CCc1ncc(CNC2CCN(Cn3c(=O)ccc4ncc(OC)cc43)CC2)cc1F. The summed E-state index contributed by atoms with van der Waals surface area (Å²) >= 11 is 0. The number of hydrogen-bond acceptors (Lipinski definition) is 6. The maximum atomic E-state index is 13.9. The molecular formula is C23H28FN5O2. The lowest BCUT2D eigenvalue weighted by Crippen LogP contribution is -2.44. The molecule has 4 rings (SSSR count). The molecule has 31 heavy (non-hydrogen) atoms. The van der Waals surface area contributed by atoms with Crippen LogP contribution < -0.4 is 15.6 Å². The summed E-state index contributed by atoms with van der Waals surface area (Å²) in [7, 11) is 1.59. The predicted octanol–water partition coefficient (Wildman–Crippen LogP) is 2.71. The number of piperidine rings is 1. The summed E-state index contributed by atoms with van der Waals surface area (Å²) in [6, 6.07) is 7.09. The molecule has 0 spiro atoms. The van der Waals surface area contributed by atoms with E-state index in [1.807, 2.05) is 13.0 Å². The Bertz CT molecular complexity index is 1110. The molecule has 1 N–H and O–H groups in total. The lowest BCUT2D eigenvalue weighted by Gasteiger charge is -2.33. The van der Waals surface area contributed by atoms with Crippen LogP contribution in [0, 0.1) is 5.82 Å². The van der Waals surface area contributed by atoms with Crippen LogP contribution >= 0.6 is 0 Å². The second kappa shape index (κ2) is 9.53. The van der Waals surface area contributed by atoms with E-state index in [0.29, 0.717) is 37.1 Å². The largest absolute Gasteiger partial charge is 0.495 e. The zero-order valence-electron chi connectivity index (χ0n) is 18.0. The Morgan fingerprint density at radius 3 is 2.71 bits per heavy atom. The topological polar surface area (TPSA) is 72.3 Å². The third-order valence-electron chi connectivity index (χ3n) is 5.88. The molecule has 1 aliphatic rings. The van der Waals surface area contributed by atoms with Crippen molar-refractivity contribution in [3.63, 3.8) is 0 Å². The molecule has 0 amide bonds. The number of fused-ring (bicyclic) bond motifs is 1. The van der Waals surface area contributed by atoms with E-state index < -0.39 is 0 Å². The van der Waals surface area contributed by atoms with Gasteiger partial charge in [0, 0.05) is 44.0 Å². The normalized spacial score (nSPS) is 15.5. The molecular weight excluding hydrogens is 397 g/mol. The number of rotatable bonds is 7. The van der Waals surface area contributed by atoms with Crippen LogP contribution in [0.3, 0.4) is 0 Å². The van der Waals surface area contributed by atoms with Gasteiger partial charge in [0.25, 0.3) is 5.56 Å². The van der Waals surface area contributed by atoms with Crippen molar-refractivity contribution in [2.45, 2.75) is 45.4 Å². The van der Waals surface area contributed by atoms with E-state index >= 15 is 0 Å². The average molecular weight is 426 g/mol. The number of hydrogen-bond donors (Lipinski definition) is 1. The highest BCUT2D eigenvalue weighted by molar-refractivity contribution is 5.75. The van der Waals surface area contributed by atoms with E-state index in [1.165, 1.54) is 0 Å². The van der Waals surface area contributed by atoms with Crippen molar-refractivity contribution in [1.82, 2.24) is 24.8 Å². The molecule has 164 valence electrons. The number of halogens is 1. The summed E-state index contributed by atoms with van der Waals surface area (Å²) in [6.07, 6.45) is 5.93. The minimum absolute atomic E-state index is 0.0483. The fourth-order valence-corrected chi connectivity index (χ4v) is 4.01. The monoisotopic (exact) mass is 425 g/mol. The molecule has 0 unspecified atom stereocenters. The van der Waals surface area contributed by atoms with Gasteiger partial charge in [-0.3, -0.25) is 24.2 Å². The van der Waals surface area contributed by atoms with Crippen LogP contribution in [0.5, 0.6) is 5.75 Å². The molecule has 0 aromatic carbocycles. The smallest absolute Gasteiger partial charge is 0.252 e. The van der Waals surface area contributed by atoms with E-state index in [9.17, 15) is 9.18 Å².